The quantitative estimate of drug-likeness (QED) is 0.833. The summed E-state index contributed by atoms with van der Waals surface area (Å²) in [4.78, 5) is 23.2. The van der Waals surface area contributed by atoms with E-state index in [1.165, 1.54) is 0 Å². The molecular weight excluding hydrogens is 228 g/mol. The van der Waals surface area contributed by atoms with Crippen LogP contribution in [0.4, 0.5) is 0 Å². The second-order valence-electron chi connectivity index (χ2n) is 5.03. The van der Waals surface area contributed by atoms with Crippen LogP contribution in [0.3, 0.4) is 0 Å². The van der Waals surface area contributed by atoms with Gasteiger partial charge in [-0.05, 0) is 43.5 Å². The lowest BCUT2D eigenvalue weighted by atomic mass is 9.86. The Labute approximate surface area is 108 Å². The fourth-order valence-corrected chi connectivity index (χ4v) is 1.91. The first-order valence-electron chi connectivity index (χ1n) is 6.10. The van der Waals surface area contributed by atoms with E-state index in [9.17, 15) is 9.59 Å². The minimum atomic E-state index is -0.933. The minimum absolute atomic E-state index is 0.0921. The maximum atomic E-state index is 12.3. The molecule has 0 bridgehead atoms. The van der Waals surface area contributed by atoms with Crippen LogP contribution in [0.25, 0.3) is 0 Å². The van der Waals surface area contributed by atoms with Crippen molar-refractivity contribution in [2.24, 2.45) is 11.8 Å². The number of hydrogen-bond donors (Lipinski definition) is 1. The number of ketones is 1. The Kier molecular flexibility index (Phi) is 4.28. The van der Waals surface area contributed by atoms with E-state index < -0.39 is 17.8 Å². The normalized spacial score (nSPS) is 14.1. The molecule has 0 fully saturated rings. The van der Waals surface area contributed by atoms with Crippen molar-refractivity contribution < 1.29 is 14.7 Å². The summed E-state index contributed by atoms with van der Waals surface area (Å²) in [6, 6.07) is 3.83. The maximum Gasteiger partial charge on any atom is 0.306 e. The van der Waals surface area contributed by atoms with E-state index >= 15 is 0 Å². The number of carboxylic acids is 1. The highest BCUT2D eigenvalue weighted by Crippen LogP contribution is 2.22. The van der Waals surface area contributed by atoms with Gasteiger partial charge in [-0.3, -0.25) is 9.59 Å². The lowest BCUT2D eigenvalue weighted by molar-refractivity contribution is -0.142. The van der Waals surface area contributed by atoms with Crippen LogP contribution in [-0.2, 0) is 4.79 Å². The van der Waals surface area contributed by atoms with Gasteiger partial charge in [-0.25, -0.2) is 0 Å². The van der Waals surface area contributed by atoms with Gasteiger partial charge in [-0.15, -0.1) is 0 Å². The molecule has 3 nitrogen and oxygen atoms in total. The lowest BCUT2D eigenvalue weighted by Gasteiger charge is -2.17. The molecule has 0 heterocycles. The Morgan fingerprint density at radius 1 is 0.944 bits per heavy atom. The van der Waals surface area contributed by atoms with Gasteiger partial charge in [0.2, 0.25) is 0 Å². The van der Waals surface area contributed by atoms with Crippen LogP contribution in [0.5, 0.6) is 0 Å². The second kappa shape index (κ2) is 5.34. The molecule has 1 N–H and O–H groups in total. The molecule has 0 saturated carbocycles. The molecule has 18 heavy (non-hydrogen) atoms. The van der Waals surface area contributed by atoms with Crippen LogP contribution < -0.4 is 0 Å². The van der Waals surface area contributed by atoms with Gasteiger partial charge in [-0.1, -0.05) is 19.9 Å². The van der Waals surface area contributed by atoms with Crippen molar-refractivity contribution in [3.05, 3.63) is 34.4 Å². The summed E-state index contributed by atoms with van der Waals surface area (Å²) < 4.78 is 0. The van der Waals surface area contributed by atoms with Crippen LogP contribution in [0.1, 0.15) is 40.9 Å². The molecule has 0 saturated heterocycles. The molecule has 0 aliphatic carbocycles. The maximum absolute atomic E-state index is 12.3. The molecule has 0 spiro atoms. The molecule has 0 aromatic heterocycles. The number of Topliss-reactive ketones (excluding diaryl/α,β-unsaturated/α-hetero) is 1. The topological polar surface area (TPSA) is 54.4 Å². The van der Waals surface area contributed by atoms with Gasteiger partial charge in [0.25, 0.3) is 0 Å². The zero-order valence-electron chi connectivity index (χ0n) is 11.6. The number of carbonyl (C=O) groups excluding carboxylic acids is 1. The summed E-state index contributed by atoms with van der Waals surface area (Å²) in [5.74, 6) is -2.20. The first kappa shape index (κ1) is 14.4. The smallest absolute Gasteiger partial charge is 0.306 e. The van der Waals surface area contributed by atoms with E-state index in [0.29, 0.717) is 5.56 Å². The predicted molar refractivity (Wildman–Crippen MR) is 70.9 cm³/mol. The Bertz CT molecular complexity index is 489. The third-order valence-electron chi connectivity index (χ3n) is 3.66. The molecule has 0 aliphatic rings. The minimum Gasteiger partial charge on any atom is -0.481 e. The number of benzene rings is 1. The van der Waals surface area contributed by atoms with Gasteiger partial charge in [0.05, 0.1) is 5.92 Å². The summed E-state index contributed by atoms with van der Waals surface area (Å²) in [5, 5.41) is 8.96. The molecule has 1 rings (SSSR count). The van der Waals surface area contributed by atoms with Crippen molar-refractivity contribution >= 4 is 11.8 Å². The molecule has 3 heteroatoms. The number of rotatable bonds is 4. The number of carboxylic acid groups (broad SMARTS) is 1. The van der Waals surface area contributed by atoms with E-state index in [1.807, 2.05) is 32.9 Å². The van der Waals surface area contributed by atoms with Crippen LogP contribution >= 0.6 is 0 Å². The van der Waals surface area contributed by atoms with E-state index in [2.05, 4.69) is 0 Å². The van der Waals surface area contributed by atoms with Crippen molar-refractivity contribution in [1.29, 1.82) is 0 Å². The average Bonchev–Trinajstić information content (AvgIpc) is 2.30. The summed E-state index contributed by atoms with van der Waals surface area (Å²) in [5.41, 5.74) is 3.74. The molecule has 1 aromatic rings. The molecule has 0 aliphatic heterocycles. The standard InChI is InChI=1S/C15H20O3/c1-8-6-10(3)13(7-9(8)2)14(16)11(4)12(5)15(17)18/h6-7,11-12H,1-5H3,(H,17,18). The predicted octanol–water partition coefficient (Wildman–Crippen LogP) is 3.15. The van der Waals surface area contributed by atoms with Crippen LogP contribution in [-0.4, -0.2) is 16.9 Å². The van der Waals surface area contributed by atoms with Gasteiger partial charge >= 0.3 is 5.97 Å². The number of aliphatic carboxylic acids is 1. The molecule has 0 amide bonds. The highest BCUT2D eigenvalue weighted by molar-refractivity contribution is 6.01. The van der Waals surface area contributed by atoms with E-state index in [0.717, 1.165) is 16.7 Å². The van der Waals surface area contributed by atoms with E-state index in [-0.39, 0.29) is 5.78 Å². The van der Waals surface area contributed by atoms with Crippen LogP contribution in [0.2, 0.25) is 0 Å². The third kappa shape index (κ3) is 2.78. The van der Waals surface area contributed by atoms with E-state index in [1.54, 1.807) is 13.8 Å². The van der Waals surface area contributed by atoms with Crippen molar-refractivity contribution in [3.63, 3.8) is 0 Å². The van der Waals surface area contributed by atoms with Gasteiger partial charge in [0.15, 0.2) is 5.78 Å². The van der Waals surface area contributed by atoms with Crippen LogP contribution in [0.15, 0.2) is 12.1 Å². The summed E-state index contributed by atoms with van der Waals surface area (Å²) in [6.07, 6.45) is 0. The molecule has 0 radical (unpaired) electrons. The Hall–Kier alpha value is -1.64. The number of aryl methyl sites for hydroxylation is 3. The van der Waals surface area contributed by atoms with E-state index in [4.69, 9.17) is 5.11 Å². The first-order valence-corrected chi connectivity index (χ1v) is 6.10. The van der Waals surface area contributed by atoms with Crippen molar-refractivity contribution in [3.8, 4) is 0 Å². The zero-order chi connectivity index (χ0) is 14.0. The summed E-state index contributed by atoms with van der Waals surface area (Å²) in [6.45, 7) is 9.09. The molecular formula is C15H20O3. The largest absolute Gasteiger partial charge is 0.481 e. The average molecular weight is 248 g/mol. The summed E-state index contributed by atoms with van der Waals surface area (Å²) >= 11 is 0. The van der Waals surface area contributed by atoms with Crippen molar-refractivity contribution in [1.82, 2.24) is 0 Å². The van der Waals surface area contributed by atoms with Gasteiger partial charge in [-0.2, -0.15) is 0 Å². The highest BCUT2D eigenvalue weighted by atomic mass is 16.4. The third-order valence-corrected chi connectivity index (χ3v) is 3.66. The first-order chi connectivity index (χ1) is 8.25. The molecule has 2 atom stereocenters. The van der Waals surface area contributed by atoms with Crippen molar-refractivity contribution in [2.75, 3.05) is 0 Å². The zero-order valence-corrected chi connectivity index (χ0v) is 11.6. The Balaban J connectivity index is 3.11. The SMILES string of the molecule is Cc1cc(C)c(C(=O)C(C)C(C)C(=O)O)cc1C. The number of hydrogen-bond acceptors (Lipinski definition) is 2. The lowest BCUT2D eigenvalue weighted by Crippen LogP contribution is -2.26. The fraction of sp³-hybridized carbons (Fsp3) is 0.467. The Morgan fingerprint density at radius 2 is 1.44 bits per heavy atom. The molecule has 2 unspecified atom stereocenters. The molecule has 1 aromatic carbocycles. The fourth-order valence-electron chi connectivity index (χ4n) is 1.91. The van der Waals surface area contributed by atoms with Gasteiger partial charge in [0, 0.05) is 11.5 Å². The Morgan fingerprint density at radius 3 is 1.94 bits per heavy atom. The summed E-state index contributed by atoms with van der Waals surface area (Å²) in [7, 11) is 0. The molecule has 98 valence electrons. The van der Waals surface area contributed by atoms with Gasteiger partial charge in [0.1, 0.15) is 0 Å². The second-order valence-corrected chi connectivity index (χ2v) is 5.03. The van der Waals surface area contributed by atoms with Crippen molar-refractivity contribution in [2.45, 2.75) is 34.6 Å². The van der Waals surface area contributed by atoms with Crippen LogP contribution in [0, 0.1) is 32.6 Å². The van der Waals surface area contributed by atoms with Gasteiger partial charge < -0.3 is 5.11 Å². The number of carbonyl (C=O) groups is 2. The highest BCUT2D eigenvalue weighted by Gasteiger charge is 2.27. The monoisotopic (exact) mass is 248 g/mol.